The minimum absolute atomic E-state index is 0.0213. The minimum atomic E-state index is -0.450. The number of nitrogens with two attached hydrogens (primary N) is 1. The molecular formula is C10H9N3O2S. The third-order valence-electron chi connectivity index (χ3n) is 2.10. The Morgan fingerprint density at radius 3 is 2.81 bits per heavy atom. The van der Waals surface area contributed by atoms with Gasteiger partial charge in [0.15, 0.2) is 5.69 Å². The molecule has 82 valence electrons. The fourth-order valence-corrected chi connectivity index (χ4v) is 2.08. The average molecular weight is 235 g/mol. The van der Waals surface area contributed by atoms with Crippen LogP contribution in [0.2, 0.25) is 0 Å². The van der Waals surface area contributed by atoms with E-state index in [-0.39, 0.29) is 11.5 Å². The van der Waals surface area contributed by atoms with Crippen LogP contribution in [0.4, 0.5) is 11.5 Å². The molecule has 2 rings (SSSR count). The van der Waals surface area contributed by atoms with Gasteiger partial charge < -0.3 is 5.73 Å². The fourth-order valence-electron chi connectivity index (χ4n) is 1.39. The number of pyridine rings is 1. The summed E-state index contributed by atoms with van der Waals surface area (Å²) >= 11 is 1.52. The van der Waals surface area contributed by atoms with Crippen LogP contribution in [0, 0.1) is 17.0 Å². The first-order valence-corrected chi connectivity index (χ1v) is 5.42. The molecule has 16 heavy (non-hydrogen) atoms. The number of nitrogens with zero attached hydrogens (tertiary/aromatic N) is 2. The molecule has 5 nitrogen and oxygen atoms in total. The number of aromatic nitrogens is 1. The predicted molar refractivity (Wildman–Crippen MR) is 63.4 cm³/mol. The molecule has 0 saturated heterocycles. The second-order valence-electron chi connectivity index (χ2n) is 3.31. The second-order valence-corrected chi connectivity index (χ2v) is 4.42. The van der Waals surface area contributed by atoms with Crippen LogP contribution in [0.25, 0.3) is 11.3 Å². The highest BCUT2D eigenvalue weighted by Gasteiger charge is 2.17. The van der Waals surface area contributed by atoms with E-state index in [0.717, 1.165) is 10.4 Å². The Labute approximate surface area is 95.7 Å². The van der Waals surface area contributed by atoms with Crippen LogP contribution in [0.15, 0.2) is 23.6 Å². The monoisotopic (exact) mass is 235 g/mol. The molecular weight excluding hydrogens is 226 g/mol. The van der Waals surface area contributed by atoms with Gasteiger partial charge >= 0.3 is 0 Å². The normalized spacial score (nSPS) is 10.3. The molecule has 0 atom stereocenters. The van der Waals surface area contributed by atoms with Crippen molar-refractivity contribution in [3.63, 3.8) is 0 Å². The summed E-state index contributed by atoms with van der Waals surface area (Å²) in [6.07, 6.45) is 0. The van der Waals surface area contributed by atoms with Crippen molar-refractivity contribution in [3.05, 3.63) is 38.6 Å². The fraction of sp³-hybridized carbons (Fsp3) is 0.100. The maximum Gasteiger partial charge on any atom is 0.295 e. The molecule has 0 aliphatic rings. The van der Waals surface area contributed by atoms with Crippen LogP contribution in [-0.4, -0.2) is 9.91 Å². The quantitative estimate of drug-likeness (QED) is 0.640. The first-order valence-electron chi connectivity index (χ1n) is 4.54. The van der Waals surface area contributed by atoms with E-state index in [2.05, 4.69) is 4.98 Å². The Balaban J connectivity index is 2.62. The molecule has 6 heteroatoms. The molecule has 0 radical (unpaired) electrons. The van der Waals surface area contributed by atoms with Crippen molar-refractivity contribution in [2.24, 2.45) is 0 Å². The van der Waals surface area contributed by atoms with Gasteiger partial charge in [0.05, 0.1) is 4.92 Å². The van der Waals surface area contributed by atoms with E-state index in [1.54, 1.807) is 0 Å². The van der Waals surface area contributed by atoms with Crippen LogP contribution < -0.4 is 5.73 Å². The maximum absolute atomic E-state index is 10.8. The van der Waals surface area contributed by atoms with E-state index < -0.39 is 4.92 Å². The SMILES string of the molecule is Cc1cc(-c2nc(N)ccc2[N+](=O)[O-])cs1. The van der Waals surface area contributed by atoms with Gasteiger partial charge in [0.2, 0.25) is 0 Å². The maximum atomic E-state index is 10.8. The zero-order valence-corrected chi connectivity index (χ0v) is 9.32. The van der Waals surface area contributed by atoms with Gasteiger partial charge in [0.1, 0.15) is 5.82 Å². The van der Waals surface area contributed by atoms with Gasteiger partial charge in [-0.3, -0.25) is 10.1 Å². The molecule has 0 amide bonds. The summed E-state index contributed by atoms with van der Waals surface area (Å²) < 4.78 is 0. The van der Waals surface area contributed by atoms with E-state index in [9.17, 15) is 10.1 Å². The molecule has 0 aliphatic heterocycles. The summed E-state index contributed by atoms with van der Waals surface area (Å²) in [7, 11) is 0. The number of anilines is 1. The Morgan fingerprint density at radius 2 is 2.25 bits per heavy atom. The van der Waals surface area contributed by atoms with Crippen molar-refractivity contribution in [2.45, 2.75) is 6.92 Å². The van der Waals surface area contributed by atoms with Crippen LogP contribution in [-0.2, 0) is 0 Å². The lowest BCUT2D eigenvalue weighted by molar-refractivity contribution is -0.384. The Bertz CT molecular complexity index is 551. The van der Waals surface area contributed by atoms with Gasteiger partial charge in [0, 0.05) is 21.9 Å². The lowest BCUT2D eigenvalue weighted by atomic mass is 10.2. The summed E-state index contributed by atoms with van der Waals surface area (Å²) in [5, 5.41) is 12.7. The summed E-state index contributed by atoms with van der Waals surface area (Å²) in [5.74, 6) is 0.282. The van der Waals surface area contributed by atoms with Gasteiger partial charge in [-0.1, -0.05) is 0 Å². The van der Waals surface area contributed by atoms with Gasteiger partial charge in [0.25, 0.3) is 5.69 Å². The molecule has 2 heterocycles. The van der Waals surface area contributed by atoms with Crippen LogP contribution in [0.5, 0.6) is 0 Å². The average Bonchev–Trinajstić information content (AvgIpc) is 2.64. The Hall–Kier alpha value is -1.95. The zero-order chi connectivity index (χ0) is 11.7. The molecule has 0 saturated carbocycles. The Kier molecular flexibility index (Phi) is 2.57. The van der Waals surface area contributed by atoms with Gasteiger partial charge in [-0.2, -0.15) is 0 Å². The molecule has 2 aromatic heterocycles. The standard InChI is InChI=1S/C10H9N3O2S/c1-6-4-7(5-16-6)10-8(13(14)15)2-3-9(11)12-10/h2-5H,1H3,(H2,11,12). The van der Waals surface area contributed by atoms with Gasteiger partial charge in [-0.05, 0) is 19.1 Å². The van der Waals surface area contributed by atoms with Crippen molar-refractivity contribution >= 4 is 22.8 Å². The first kappa shape index (κ1) is 10.6. The molecule has 2 aromatic rings. The van der Waals surface area contributed by atoms with Crippen molar-refractivity contribution < 1.29 is 4.92 Å². The summed E-state index contributed by atoms with van der Waals surface area (Å²) in [6.45, 7) is 1.94. The summed E-state index contributed by atoms with van der Waals surface area (Å²) in [6, 6.07) is 4.67. The number of thiophene rings is 1. The van der Waals surface area contributed by atoms with Crippen LogP contribution in [0.3, 0.4) is 0 Å². The van der Waals surface area contributed by atoms with Crippen molar-refractivity contribution in [3.8, 4) is 11.3 Å². The minimum Gasteiger partial charge on any atom is -0.384 e. The first-order chi connectivity index (χ1) is 7.58. The van der Waals surface area contributed by atoms with E-state index in [4.69, 9.17) is 5.73 Å². The molecule has 0 unspecified atom stereocenters. The number of nitrogen functional groups attached to an aromatic ring is 1. The molecule has 0 bridgehead atoms. The smallest absolute Gasteiger partial charge is 0.295 e. The second kappa shape index (κ2) is 3.90. The lowest BCUT2D eigenvalue weighted by Gasteiger charge is -2.00. The summed E-state index contributed by atoms with van der Waals surface area (Å²) in [4.78, 5) is 15.5. The highest BCUT2D eigenvalue weighted by molar-refractivity contribution is 7.10. The largest absolute Gasteiger partial charge is 0.384 e. The van der Waals surface area contributed by atoms with Crippen molar-refractivity contribution in [1.29, 1.82) is 0 Å². The topological polar surface area (TPSA) is 82.0 Å². The number of nitro groups is 1. The van der Waals surface area contributed by atoms with Gasteiger partial charge in [-0.15, -0.1) is 11.3 Å². The third-order valence-corrected chi connectivity index (χ3v) is 2.96. The predicted octanol–water partition coefficient (Wildman–Crippen LogP) is 2.61. The molecule has 0 spiro atoms. The van der Waals surface area contributed by atoms with E-state index in [1.807, 2.05) is 18.4 Å². The summed E-state index contributed by atoms with van der Waals surface area (Å²) in [5.41, 5.74) is 6.59. The van der Waals surface area contributed by atoms with E-state index in [1.165, 1.54) is 23.5 Å². The molecule has 0 aromatic carbocycles. The van der Waals surface area contributed by atoms with Gasteiger partial charge in [-0.25, -0.2) is 4.98 Å². The van der Waals surface area contributed by atoms with Crippen molar-refractivity contribution in [2.75, 3.05) is 5.73 Å². The highest BCUT2D eigenvalue weighted by atomic mass is 32.1. The zero-order valence-electron chi connectivity index (χ0n) is 8.51. The van der Waals surface area contributed by atoms with Crippen LogP contribution in [0.1, 0.15) is 4.88 Å². The van der Waals surface area contributed by atoms with Crippen molar-refractivity contribution in [1.82, 2.24) is 4.98 Å². The number of hydrogen-bond acceptors (Lipinski definition) is 5. The third kappa shape index (κ3) is 1.87. The number of aryl methyl sites for hydroxylation is 1. The molecule has 0 fully saturated rings. The molecule has 2 N–H and O–H groups in total. The van der Waals surface area contributed by atoms with E-state index in [0.29, 0.717) is 5.69 Å². The lowest BCUT2D eigenvalue weighted by Crippen LogP contribution is -1.97. The number of hydrogen-bond donors (Lipinski definition) is 1. The Morgan fingerprint density at radius 1 is 1.50 bits per heavy atom. The number of rotatable bonds is 2. The molecule has 0 aliphatic carbocycles. The highest BCUT2D eigenvalue weighted by Crippen LogP contribution is 2.31. The van der Waals surface area contributed by atoms with Crippen LogP contribution >= 0.6 is 11.3 Å². The van der Waals surface area contributed by atoms with E-state index >= 15 is 0 Å².